The van der Waals surface area contributed by atoms with Gasteiger partial charge in [-0.3, -0.25) is 4.79 Å². The molecule has 0 aliphatic rings. The molecule has 1 unspecified atom stereocenters. The fourth-order valence-electron chi connectivity index (χ4n) is 1.60. The Morgan fingerprint density at radius 3 is 2.64 bits per heavy atom. The van der Waals surface area contributed by atoms with Crippen molar-refractivity contribution in [2.75, 3.05) is 26.7 Å². The quantitative estimate of drug-likeness (QED) is 0.742. The van der Waals surface area contributed by atoms with Crippen LogP contribution in [0, 0.1) is 5.92 Å². The van der Waals surface area contributed by atoms with Crippen molar-refractivity contribution in [1.29, 1.82) is 0 Å². The van der Waals surface area contributed by atoms with Gasteiger partial charge < -0.3 is 20.1 Å². The van der Waals surface area contributed by atoms with E-state index in [9.17, 15) is 9.59 Å². The van der Waals surface area contributed by atoms with Crippen LogP contribution in [0.2, 0.25) is 10.0 Å². The highest BCUT2D eigenvalue weighted by Gasteiger charge is 2.16. The average molecular weight is 349 g/mol. The first-order valence-corrected chi connectivity index (χ1v) is 7.36. The molecular weight excluding hydrogens is 331 g/mol. The van der Waals surface area contributed by atoms with Crippen LogP contribution in [0.4, 0.5) is 4.79 Å². The number of nitrogens with zero attached hydrogens (tertiary/aromatic N) is 1. The predicted octanol–water partition coefficient (Wildman–Crippen LogP) is 2.73. The summed E-state index contributed by atoms with van der Waals surface area (Å²) in [6.45, 7) is 2.21. The highest BCUT2D eigenvalue weighted by atomic mass is 35.5. The van der Waals surface area contributed by atoms with Gasteiger partial charge in [0.05, 0.1) is 22.5 Å². The molecule has 122 valence electrons. The number of hydrogen-bond donors (Lipinski definition) is 2. The smallest absolute Gasteiger partial charge is 0.317 e. The fraction of sp³-hybridized carbons (Fsp3) is 0.429. The van der Waals surface area contributed by atoms with Gasteiger partial charge in [0.1, 0.15) is 12.4 Å². The van der Waals surface area contributed by atoms with Gasteiger partial charge in [-0.1, -0.05) is 30.1 Å². The lowest BCUT2D eigenvalue weighted by Gasteiger charge is -2.20. The molecule has 1 atom stereocenters. The number of aliphatic carboxylic acids is 1. The molecule has 0 fully saturated rings. The van der Waals surface area contributed by atoms with E-state index in [4.69, 9.17) is 33.0 Å². The Hall–Kier alpha value is -1.66. The van der Waals surface area contributed by atoms with Crippen molar-refractivity contribution in [2.45, 2.75) is 6.92 Å². The van der Waals surface area contributed by atoms with Crippen LogP contribution in [0.3, 0.4) is 0 Å². The van der Waals surface area contributed by atoms with E-state index in [1.807, 2.05) is 0 Å². The van der Waals surface area contributed by atoms with Gasteiger partial charge in [0.15, 0.2) is 0 Å². The zero-order valence-corrected chi connectivity index (χ0v) is 13.8. The highest BCUT2D eigenvalue weighted by Crippen LogP contribution is 2.26. The number of carboxylic acid groups (broad SMARTS) is 1. The van der Waals surface area contributed by atoms with Crippen LogP contribution in [0.15, 0.2) is 18.2 Å². The van der Waals surface area contributed by atoms with Gasteiger partial charge in [0.2, 0.25) is 0 Å². The minimum absolute atomic E-state index is 0.134. The number of carbonyl (C=O) groups is 2. The number of halogens is 2. The van der Waals surface area contributed by atoms with Crippen molar-refractivity contribution in [3.05, 3.63) is 28.2 Å². The standard InChI is InChI=1S/C14H18Cl2N2O4/c1-9(13(19)20)8-18(2)14(21)17-5-6-22-10-3-4-11(15)12(16)7-10/h3-4,7,9H,5-6,8H2,1-2H3,(H,17,21)(H,19,20). The van der Waals surface area contributed by atoms with Crippen molar-refractivity contribution < 1.29 is 19.4 Å². The Kier molecular flexibility index (Phi) is 7.27. The van der Waals surface area contributed by atoms with Crippen LogP contribution < -0.4 is 10.1 Å². The zero-order valence-electron chi connectivity index (χ0n) is 12.3. The summed E-state index contributed by atoms with van der Waals surface area (Å²) in [7, 11) is 1.54. The van der Waals surface area contributed by atoms with Crippen molar-refractivity contribution in [3.8, 4) is 5.75 Å². The fourth-order valence-corrected chi connectivity index (χ4v) is 1.89. The second-order valence-corrected chi connectivity index (χ2v) is 5.59. The van der Waals surface area contributed by atoms with E-state index in [2.05, 4.69) is 5.32 Å². The molecule has 0 radical (unpaired) electrons. The van der Waals surface area contributed by atoms with Crippen LogP contribution in [0.5, 0.6) is 5.75 Å². The van der Waals surface area contributed by atoms with E-state index >= 15 is 0 Å². The van der Waals surface area contributed by atoms with E-state index in [1.54, 1.807) is 25.1 Å². The minimum atomic E-state index is -0.942. The van der Waals surface area contributed by atoms with E-state index in [1.165, 1.54) is 11.9 Å². The van der Waals surface area contributed by atoms with Gasteiger partial charge >= 0.3 is 12.0 Å². The van der Waals surface area contributed by atoms with E-state index in [0.717, 1.165) is 0 Å². The maximum atomic E-state index is 11.7. The van der Waals surface area contributed by atoms with Gasteiger partial charge in [-0.25, -0.2) is 4.79 Å². The van der Waals surface area contributed by atoms with E-state index in [-0.39, 0.29) is 25.7 Å². The molecule has 0 saturated heterocycles. The molecule has 0 bridgehead atoms. The third kappa shape index (κ3) is 5.99. The van der Waals surface area contributed by atoms with Crippen molar-refractivity contribution in [2.24, 2.45) is 5.92 Å². The first-order chi connectivity index (χ1) is 10.3. The lowest BCUT2D eigenvalue weighted by molar-refractivity contribution is -0.141. The van der Waals surface area contributed by atoms with Crippen LogP contribution >= 0.6 is 23.2 Å². The summed E-state index contributed by atoms with van der Waals surface area (Å²) < 4.78 is 5.42. The SMILES string of the molecule is CC(CN(C)C(=O)NCCOc1ccc(Cl)c(Cl)c1)C(=O)O. The van der Waals surface area contributed by atoms with Crippen LogP contribution in [-0.2, 0) is 4.79 Å². The van der Waals surface area contributed by atoms with Crippen LogP contribution in [0.25, 0.3) is 0 Å². The van der Waals surface area contributed by atoms with Crippen LogP contribution in [-0.4, -0.2) is 48.8 Å². The summed E-state index contributed by atoms with van der Waals surface area (Å²) >= 11 is 11.6. The van der Waals surface area contributed by atoms with Crippen molar-refractivity contribution in [1.82, 2.24) is 10.2 Å². The molecule has 1 aromatic rings. The number of urea groups is 1. The Morgan fingerprint density at radius 2 is 2.05 bits per heavy atom. The summed E-state index contributed by atoms with van der Waals surface area (Å²) in [4.78, 5) is 23.8. The predicted molar refractivity (Wildman–Crippen MR) is 84.8 cm³/mol. The largest absolute Gasteiger partial charge is 0.492 e. The first kappa shape index (κ1) is 18.4. The van der Waals surface area contributed by atoms with Gasteiger partial charge in [-0.15, -0.1) is 0 Å². The van der Waals surface area contributed by atoms with Gasteiger partial charge in [-0.05, 0) is 12.1 Å². The molecular formula is C14H18Cl2N2O4. The van der Waals surface area contributed by atoms with Crippen molar-refractivity contribution in [3.63, 3.8) is 0 Å². The maximum absolute atomic E-state index is 11.7. The summed E-state index contributed by atoms with van der Waals surface area (Å²) in [5.74, 6) is -1.01. The average Bonchev–Trinajstić information content (AvgIpc) is 2.46. The second-order valence-electron chi connectivity index (χ2n) is 4.78. The molecule has 6 nitrogen and oxygen atoms in total. The van der Waals surface area contributed by atoms with E-state index in [0.29, 0.717) is 15.8 Å². The van der Waals surface area contributed by atoms with Crippen molar-refractivity contribution >= 4 is 35.2 Å². The highest BCUT2D eigenvalue weighted by molar-refractivity contribution is 6.42. The van der Waals surface area contributed by atoms with Gasteiger partial charge in [0, 0.05) is 19.7 Å². The normalized spacial score (nSPS) is 11.6. The third-order valence-electron chi connectivity index (χ3n) is 2.85. The summed E-state index contributed by atoms with van der Waals surface area (Å²) in [5, 5.41) is 12.3. The molecule has 0 heterocycles. The number of carbonyl (C=O) groups excluding carboxylic acids is 1. The number of ether oxygens (including phenoxy) is 1. The molecule has 22 heavy (non-hydrogen) atoms. The molecule has 0 saturated carbocycles. The van der Waals surface area contributed by atoms with Gasteiger partial charge in [0.25, 0.3) is 0 Å². The molecule has 0 aromatic heterocycles. The number of benzene rings is 1. The Balaban J connectivity index is 2.30. The number of rotatable bonds is 7. The summed E-state index contributed by atoms with van der Waals surface area (Å²) in [6, 6.07) is 4.54. The molecule has 1 rings (SSSR count). The maximum Gasteiger partial charge on any atom is 0.317 e. The Labute approximate surface area is 138 Å². The zero-order chi connectivity index (χ0) is 16.7. The molecule has 1 aromatic carbocycles. The molecule has 0 aliphatic heterocycles. The number of amides is 2. The number of carboxylic acids is 1. The molecule has 8 heteroatoms. The summed E-state index contributed by atoms with van der Waals surface area (Å²) in [5.41, 5.74) is 0. The van der Waals surface area contributed by atoms with E-state index < -0.39 is 11.9 Å². The molecule has 2 amide bonds. The monoisotopic (exact) mass is 348 g/mol. The molecule has 2 N–H and O–H groups in total. The van der Waals surface area contributed by atoms with Crippen LogP contribution in [0.1, 0.15) is 6.92 Å². The number of hydrogen-bond acceptors (Lipinski definition) is 3. The topological polar surface area (TPSA) is 78.9 Å². The summed E-state index contributed by atoms with van der Waals surface area (Å²) in [6.07, 6.45) is 0. The lowest BCUT2D eigenvalue weighted by atomic mass is 10.2. The molecule has 0 aliphatic carbocycles. The van der Waals surface area contributed by atoms with Gasteiger partial charge in [-0.2, -0.15) is 0 Å². The Morgan fingerprint density at radius 1 is 1.36 bits per heavy atom. The third-order valence-corrected chi connectivity index (χ3v) is 3.59. The Bertz CT molecular complexity index is 540. The lowest BCUT2D eigenvalue weighted by Crippen LogP contribution is -2.42. The first-order valence-electron chi connectivity index (χ1n) is 6.61. The minimum Gasteiger partial charge on any atom is -0.492 e. The second kappa shape index (κ2) is 8.70. The number of nitrogens with one attached hydrogen (secondary N) is 1. The molecule has 0 spiro atoms.